The van der Waals surface area contributed by atoms with Crippen molar-refractivity contribution in [1.29, 1.82) is 0 Å². The molecule has 1 heterocycles. The van der Waals surface area contributed by atoms with Gasteiger partial charge in [-0.15, -0.1) is 0 Å². The Morgan fingerprint density at radius 3 is 2.59 bits per heavy atom. The molecule has 148 valence electrons. The van der Waals surface area contributed by atoms with E-state index in [-0.39, 0.29) is 11.6 Å². The molecule has 2 N–H and O–H groups in total. The summed E-state index contributed by atoms with van der Waals surface area (Å²) in [7, 11) is 1.56. The Kier molecular flexibility index (Phi) is 6.95. The Morgan fingerprint density at radius 1 is 0.966 bits per heavy atom. The third-order valence-corrected chi connectivity index (χ3v) is 4.35. The van der Waals surface area contributed by atoms with Gasteiger partial charge in [-0.25, -0.2) is 0 Å². The number of hydrogen-bond acceptors (Lipinski definition) is 4. The molecule has 0 unspecified atom stereocenters. The Labute approximate surface area is 169 Å². The minimum absolute atomic E-state index is 0.171. The number of anilines is 1. The fraction of sp³-hybridized carbons (Fsp3) is 0.174. The van der Waals surface area contributed by atoms with Crippen molar-refractivity contribution in [2.45, 2.75) is 12.8 Å². The normalized spacial score (nSPS) is 10.2. The molecule has 0 saturated carbocycles. The number of methoxy groups -OCH3 is 1. The van der Waals surface area contributed by atoms with Crippen LogP contribution in [0.2, 0.25) is 0 Å². The molecule has 0 spiro atoms. The number of nitrogens with one attached hydrogen (secondary N) is 2. The molecule has 2 amide bonds. The Bertz CT molecular complexity index is 974. The molecule has 0 aliphatic heterocycles. The number of aromatic nitrogens is 1. The number of nitrogens with zero attached hydrogens (tertiary/aromatic N) is 1. The van der Waals surface area contributed by atoms with Crippen LogP contribution < -0.4 is 15.4 Å². The van der Waals surface area contributed by atoms with Crippen molar-refractivity contribution in [3.05, 3.63) is 89.7 Å². The number of aryl methyl sites for hydroxylation is 1. The van der Waals surface area contributed by atoms with E-state index in [0.717, 1.165) is 12.8 Å². The van der Waals surface area contributed by atoms with Crippen LogP contribution >= 0.6 is 0 Å². The molecule has 6 heteroatoms. The van der Waals surface area contributed by atoms with Crippen LogP contribution in [0.1, 0.15) is 32.8 Å². The number of pyridine rings is 1. The third-order valence-electron chi connectivity index (χ3n) is 4.35. The number of amides is 2. The standard InChI is InChI=1S/C23H23N3O3/c1-29-20-11-5-10-19(16-20)26-23(28)21-15-18(12-14-24-21)22(27)25-13-6-9-17-7-3-2-4-8-17/h2-5,7-8,10-12,14-16H,6,9,13H2,1H3,(H,25,27)(H,26,28). The van der Waals surface area contributed by atoms with Crippen molar-refractivity contribution in [1.82, 2.24) is 10.3 Å². The highest BCUT2D eigenvalue weighted by Gasteiger charge is 2.12. The fourth-order valence-electron chi connectivity index (χ4n) is 2.83. The van der Waals surface area contributed by atoms with E-state index in [1.807, 2.05) is 18.2 Å². The third kappa shape index (κ3) is 5.90. The lowest BCUT2D eigenvalue weighted by Crippen LogP contribution is -2.25. The van der Waals surface area contributed by atoms with E-state index in [1.54, 1.807) is 37.4 Å². The van der Waals surface area contributed by atoms with E-state index >= 15 is 0 Å². The number of ether oxygens (including phenoxy) is 1. The van der Waals surface area contributed by atoms with E-state index in [9.17, 15) is 9.59 Å². The molecule has 0 bridgehead atoms. The first-order valence-corrected chi connectivity index (χ1v) is 9.39. The largest absolute Gasteiger partial charge is 0.497 e. The van der Waals surface area contributed by atoms with Crippen molar-refractivity contribution >= 4 is 17.5 Å². The van der Waals surface area contributed by atoms with Crippen LogP contribution in [0.3, 0.4) is 0 Å². The molecule has 0 fully saturated rings. The molecule has 1 aromatic heterocycles. The molecular formula is C23H23N3O3. The monoisotopic (exact) mass is 389 g/mol. The molecule has 0 atom stereocenters. The van der Waals surface area contributed by atoms with Gasteiger partial charge in [0.15, 0.2) is 0 Å². The number of carbonyl (C=O) groups is 2. The molecule has 2 aromatic carbocycles. The van der Waals surface area contributed by atoms with Crippen molar-refractivity contribution in [2.75, 3.05) is 19.0 Å². The maximum Gasteiger partial charge on any atom is 0.274 e. The van der Waals surface area contributed by atoms with Crippen LogP contribution in [0.15, 0.2) is 72.9 Å². The number of rotatable bonds is 8. The number of carbonyl (C=O) groups excluding carboxylic acids is 2. The zero-order valence-corrected chi connectivity index (χ0v) is 16.2. The molecule has 0 saturated heterocycles. The fourth-order valence-corrected chi connectivity index (χ4v) is 2.83. The summed E-state index contributed by atoms with van der Waals surface area (Å²) < 4.78 is 5.15. The zero-order chi connectivity index (χ0) is 20.5. The summed E-state index contributed by atoms with van der Waals surface area (Å²) >= 11 is 0. The van der Waals surface area contributed by atoms with Crippen molar-refractivity contribution in [3.63, 3.8) is 0 Å². The minimum Gasteiger partial charge on any atom is -0.497 e. The minimum atomic E-state index is -0.392. The van der Waals surface area contributed by atoms with Gasteiger partial charge in [0, 0.05) is 30.1 Å². The first kappa shape index (κ1) is 20.1. The lowest BCUT2D eigenvalue weighted by Gasteiger charge is -2.08. The SMILES string of the molecule is COc1cccc(NC(=O)c2cc(C(=O)NCCCc3ccccc3)ccn2)c1. The molecular weight excluding hydrogens is 366 g/mol. The van der Waals surface area contributed by atoms with Crippen LogP contribution in [0.4, 0.5) is 5.69 Å². The maximum atomic E-state index is 12.5. The van der Waals surface area contributed by atoms with Gasteiger partial charge in [0.05, 0.1) is 7.11 Å². The van der Waals surface area contributed by atoms with E-state index in [4.69, 9.17) is 4.74 Å². The summed E-state index contributed by atoms with van der Waals surface area (Å²) in [4.78, 5) is 28.9. The van der Waals surface area contributed by atoms with Gasteiger partial charge in [-0.2, -0.15) is 0 Å². The second-order valence-electron chi connectivity index (χ2n) is 6.46. The van der Waals surface area contributed by atoms with Gasteiger partial charge in [0.2, 0.25) is 0 Å². The summed E-state index contributed by atoms with van der Waals surface area (Å²) in [6, 6.07) is 20.2. The highest BCUT2D eigenvalue weighted by molar-refractivity contribution is 6.04. The first-order chi connectivity index (χ1) is 14.2. The summed E-state index contributed by atoms with van der Waals surface area (Å²) in [6.45, 7) is 0.557. The predicted molar refractivity (Wildman–Crippen MR) is 112 cm³/mol. The van der Waals surface area contributed by atoms with Crippen LogP contribution in [0.25, 0.3) is 0 Å². The van der Waals surface area contributed by atoms with E-state index < -0.39 is 5.91 Å². The maximum absolute atomic E-state index is 12.5. The van der Waals surface area contributed by atoms with Gasteiger partial charge in [0.25, 0.3) is 11.8 Å². The summed E-state index contributed by atoms with van der Waals surface area (Å²) in [5, 5.41) is 5.64. The topological polar surface area (TPSA) is 80.3 Å². The van der Waals surface area contributed by atoms with E-state index in [2.05, 4.69) is 27.8 Å². The first-order valence-electron chi connectivity index (χ1n) is 9.39. The highest BCUT2D eigenvalue weighted by atomic mass is 16.5. The van der Waals surface area contributed by atoms with Crippen LogP contribution in [0, 0.1) is 0 Å². The molecule has 0 aliphatic carbocycles. The lowest BCUT2D eigenvalue weighted by molar-refractivity contribution is 0.0953. The van der Waals surface area contributed by atoms with Crippen LogP contribution in [0.5, 0.6) is 5.75 Å². The number of hydrogen-bond donors (Lipinski definition) is 2. The van der Waals surface area contributed by atoms with Gasteiger partial charge in [-0.05, 0) is 42.7 Å². The van der Waals surface area contributed by atoms with Gasteiger partial charge in [-0.1, -0.05) is 36.4 Å². The van der Waals surface area contributed by atoms with Crippen molar-refractivity contribution in [3.8, 4) is 5.75 Å². The average molecular weight is 389 g/mol. The second kappa shape index (κ2) is 10.0. The average Bonchev–Trinajstić information content (AvgIpc) is 2.77. The molecule has 3 aromatic rings. The molecule has 29 heavy (non-hydrogen) atoms. The molecule has 3 rings (SSSR count). The smallest absolute Gasteiger partial charge is 0.274 e. The summed E-state index contributed by atoms with van der Waals surface area (Å²) in [5.74, 6) is 0.0206. The highest BCUT2D eigenvalue weighted by Crippen LogP contribution is 2.17. The quantitative estimate of drug-likeness (QED) is 0.576. The zero-order valence-electron chi connectivity index (χ0n) is 16.2. The summed E-state index contributed by atoms with van der Waals surface area (Å²) in [5.41, 5.74) is 2.40. The van der Waals surface area contributed by atoms with Crippen LogP contribution in [-0.4, -0.2) is 30.5 Å². The van der Waals surface area contributed by atoms with E-state index in [1.165, 1.54) is 17.8 Å². The molecule has 6 nitrogen and oxygen atoms in total. The number of benzene rings is 2. The van der Waals surface area contributed by atoms with Gasteiger partial charge < -0.3 is 15.4 Å². The molecule has 0 radical (unpaired) electrons. The summed E-state index contributed by atoms with van der Waals surface area (Å²) in [6.07, 6.45) is 3.19. The Hall–Kier alpha value is -3.67. The second-order valence-corrected chi connectivity index (χ2v) is 6.46. The van der Waals surface area contributed by atoms with Gasteiger partial charge >= 0.3 is 0 Å². The lowest BCUT2D eigenvalue weighted by atomic mass is 10.1. The molecule has 0 aliphatic rings. The Morgan fingerprint density at radius 2 is 1.79 bits per heavy atom. The van der Waals surface area contributed by atoms with Crippen molar-refractivity contribution in [2.24, 2.45) is 0 Å². The van der Waals surface area contributed by atoms with Crippen LogP contribution in [-0.2, 0) is 6.42 Å². The van der Waals surface area contributed by atoms with E-state index in [0.29, 0.717) is 23.5 Å². The predicted octanol–water partition coefficient (Wildman–Crippen LogP) is 3.71. The van der Waals surface area contributed by atoms with Crippen molar-refractivity contribution < 1.29 is 14.3 Å². The van der Waals surface area contributed by atoms with Gasteiger partial charge in [0.1, 0.15) is 11.4 Å². The Balaban J connectivity index is 1.55. The van der Waals surface area contributed by atoms with Gasteiger partial charge in [-0.3, -0.25) is 14.6 Å².